The Morgan fingerprint density at radius 1 is 1.12 bits per heavy atom. The Hall–Kier alpha value is -2.56. The van der Waals surface area contributed by atoms with Gasteiger partial charge in [-0.25, -0.2) is 4.68 Å². The first-order valence-electron chi connectivity index (χ1n) is 8.13. The third-order valence-electron chi connectivity index (χ3n) is 4.08. The summed E-state index contributed by atoms with van der Waals surface area (Å²) in [5.41, 5.74) is 4.98. The molecule has 2 aromatic heterocycles. The Morgan fingerprint density at radius 2 is 1.75 bits per heavy atom. The van der Waals surface area contributed by atoms with Crippen molar-refractivity contribution in [3.05, 3.63) is 51.4 Å². The molecule has 3 rings (SSSR count). The Balaban J connectivity index is 2.36. The van der Waals surface area contributed by atoms with E-state index >= 15 is 0 Å². The van der Waals surface area contributed by atoms with Gasteiger partial charge in [0.25, 0.3) is 5.56 Å². The monoisotopic (exact) mass is 325 g/mol. The minimum Gasteiger partial charge on any atom is -0.473 e. The van der Waals surface area contributed by atoms with Crippen LogP contribution in [0.4, 0.5) is 0 Å². The number of ether oxygens (including phenoxy) is 1. The molecular formula is C19H23N3O2. The van der Waals surface area contributed by atoms with Gasteiger partial charge < -0.3 is 9.30 Å². The summed E-state index contributed by atoms with van der Waals surface area (Å²) >= 11 is 0. The van der Waals surface area contributed by atoms with Crippen LogP contribution in [-0.4, -0.2) is 20.5 Å². The fourth-order valence-corrected chi connectivity index (χ4v) is 3.26. The molecule has 1 aromatic carbocycles. The van der Waals surface area contributed by atoms with E-state index in [0.29, 0.717) is 11.4 Å². The van der Waals surface area contributed by atoms with E-state index in [4.69, 9.17) is 4.74 Å². The predicted molar refractivity (Wildman–Crippen MR) is 96.3 cm³/mol. The number of benzene rings is 1. The van der Waals surface area contributed by atoms with Crippen molar-refractivity contribution in [3.8, 4) is 11.6 Å². The molecule has 0 radical (unpaired) electrons. The summed E-state index contributed by atoms with van der Waals surface area (Å²) in [5.74, 6) is 0.489. The molecule has 0 bridgehead atoms. The molecule has 0 aliphatic heterocycles. The van der Waals surface area contributed by atoms with Crippen LogP contribution in [0.15, 0.2) is 29.2 Å². The SMILES string of the molecule is Cc1cc(C)c(-n2ccc3c(OC(C)C)nn(C)c(=O)c32)c(C)c1. The maximum atomic E-state index is 12.7. The summed E-state index contributed by atoms with van der Waals surface area (Å²) in [6.45, 7) is 10.1. The third-order valence-corrected chi connectivity index (χ3v) is 4.08. The van der Waals surface area contributed by atoms with E-state index in [1.54, 1.807) is 7.05 Å². The molecular weight excluding hydrogens is 302 g/mol. The number of nitrogens with zero attached hydrogens (tertiary/aromatic N) is 3. The molecule has 0 aliphatic rings. The molecule has 0 unspecified atom stereocenters. The summed E-state index contributed by atoms with van der Waals surface area (Å²) in [6.07, 6.45) is 1.91. The number of rotatable bonds is 3. The van der Waals surface area contributed by atoms with Gasteiger partial charge >= 0.3 is 0 Å². The highest BCUT2D eigenvalue weighted by Gasteiger charge is 2.18. The molecule has 0 spiro atoms. The second-order valence-corrected chi connectivity index (χ2v) is 6.60. The van der Waals surface area contributed by atoms with Gasteiger partial charge in [-0.05, 0) is 51.8 Å². The van der Waals surface area contributed by atoms with Crippen LogP contribution in [0.3, 0.4) is 0 Å². The van der Waals surface area contributed by atoms with E-state index in [9.17, 15) is 4.79 Å². The lowest BCUT2D eigenvalue weighted by molar-refractivity contribution is 0.230. The lowest BCUT2D eigenvalue weighted by Crippen LogP contribution is -2.23. The first kappa shape index (κ1) is 16.3. The lowest BCUT2D eigenvalue weighted by atomic mass is 10.0. The Labute approximate surface area is 141 Å². The number of hydrogen-bond donors (Lipinski definition) is 0. The van der Waals surface area contributed by atoms with Crippen molar-refractivity contribution in [2.45, 2.75) is 40.7 Å². The normalized spacial score (nSPS) is 11.5. The molecule has 2 heterocycles. The van der Waals surface area contributed by atoms with Crippen LogP contribution < -0.4 is 10.3 Å². The molecule has 5 heteroatoms. The number of hydrogen-bond acceptors (Lipinski definition) is 3. The van der Waals surface area contributed by atoms with Gasteiger partial charge in [0.2, 0.25) is 5.88 Å². The van der Waals surface area contributed by atoms with Crippen LogP contribution in [0, 0.1) is 20.8 Å². The third kappa shape index (κ3) is 2.60. The highest BCUT2D eigenvalue weighted by Crippen LogP contribution is 2.28. The molecule has 0 amide bonds. The van der Waals surface area contributed by atoms with Crippen molar-refractivity contribution in [1.29, 1.82) is 0 Å². The molecule has 0 aliphatic carbocycles. The molecule has 0 fully saturated rings. The second-order valence-electron chi connectivity index (χ2n) is 6.60. The highest BCUT2D eigenvalue weighted by molar-refractivity contribution is 5.86. The molecule has 3 aromatic rings. The topological polar surface area (TPSA) is 49.0 Å². The van der Waals surface area contributed by atoms with Crippen LogP contribution in [0.1, 0.15) is 30.5 Å². The molecule has 0 saturated heterocycles. The standard InChI is InChI=1S/C19H23N3O2/c1-11(2)24-18-15-7-8-22(17(15)19(23)21(6)20-18)16-13(4)9-12(3)10-14(16)5/h7-11H,1-6H3. The van der Waals surface area contributed by atoms with Crippen LogP contribution in [-0.2, 0) is 7.05 Å². The number of aryl methyl sites for hydroxylation is 4. The summed E-state index contributed by atoms with van der Waals surface area (Å²) in [6, 6.07) is 6.16. The molecule has 0 atom stereocenters. The summed E-state index contributed by atoms with van der Waals surface area (Å²) in [7, 11) is 1.65. The Kier molecular flexibility index (Phi) is 3.95. The second kappa shape index (κ2) is 5.82. The van der Waals surface area contributed by atoms with Crippen molar-refractivity contribution in [3.63, 3.8) is 0 Å². The average molecular weight is 325 g/mol. The van der Waals surface area contributed by atoms with Crippen molar-refractivity contribution in [2.24, 2.45) is 7.05 Å². The van der Waals surface area contributed by atoms with E-state index in [1.807, 2.05) is 30.7 Å². The fraction of sp³-hybridized carbons (Fsp3) is 0.368. The zero-order chi connectivity index (χ0) is 17.6. The van der Waals surface area contributed by atoms with Crippen LogP contribution >= 0.6 is 0 Å². The van der Waals surface area contributed by atoms with Gasteiger partial charge in [0, 0.05) is 13.2 Å². The first-order valence-corrected chi connectivity index (χ1v) is 8.13. The number of fused-ring (bicyclic) bond motifs is 1. The van der Waals surface area contributed by atoms with Crippen molar-refractivity contribution < 1.29 is 4.74 Å². The quantitative estimate of drug-likeness (QED) is 0.741. The number of aromatic nitrogens is 3. The molecule has 0 saturated carbocycles. The van der Waals surface area contributed by atoms with Crippen LogP contribution in [0.5, 0.6) is 5.88 Å². The molecule has 126 valence electrons. The minimum absolute atomic E-state index is 0.00982. The van der Waals surface area contributed by atoms with E-state index < -0.39 is 0 Å². The maximum Gasteiger partial charge on any atom is 0.291 e. The molecule has 24 heavy (non-hydrogen) atoms. The summed E-state index contributed by atoms with van der Waals surface area (Å²) < 4.78 is 9.11. The zero-order valence-corrected chi connectivity index (χ0v) is 15.0. The van der Waals surface area contributed by atoms with Crippen molar-refractivity contribution in [1.82, 2.24) is 14.3 Å². The predicted octanol–water partition coefficient (Wildman–Crippen LogP) is 3.44. The van der Waals surface area contributed by atoms with Gasteiger partial charge in [0.15, 0.2) is 0 Å². The van der Waals surface area contributed by atoms with Gasteiger partial charge in [-0.2, -0.15) is 0 Å². The minimum atomic E-state index is -0.134. The van der Waals surface area contributed by atoms with Crippen LogP contribution in [0.25, 0.3) is 16.6 Å². The molecule has 5 nitrogen and oxygen atoms in total. The van der Waals surface area contributed by atoms with Gasteiger partial charge in [0.05, 0.1) is 17.2 Å². The van der Waals surface area contributed by atoms with E-state index in [0.717, 1.165) is 22.2 Å². The van der Waals surface area contributed by atoms with Gasteiger partial charge in [-0.3, -0.25) is 4.79 Å². The summed E-state index contributed by atoms with van der Waals surface area (Å²) in [4.78, 5) is 12.7. The van der Waals surface area contributed by atoms with E-state index in [2.05, 4.69) is 38.0 Å². The average Bonchev–Trinajstić information content (AvgIpc) is 2.88. The highest BCUT2D eigenvalue weighted by atomic mass is 16.5. The Bertz CT molecular complexity index is 957. The van der Waals surface area contributed by atoms with Gasteiger partial charge in [-0.1, -0.05) is 17.7 Å². The molecule has 0 N–H and O–H groups in total. The van der Waals surface area contributed by atoms with Crippen molar-refractivity contribution in [2.75, 3.05) is 0 Å². The zero-order valence-electron chi connectivity index (χ0n) is 15.0. The van der Waals surface area contributed by atoms with E-state index in [-0.39, 0.29) is 11.7 Å². The van der Waals surface area contributed by atoms with Gasteiger partial charge in [-0.15, -0.1) is 5.10 Å². The van der Waals surface area contributed by atoms with Gasteiger partial charge in [0.1, 0.15) is 5.52 Å². The van der Waals surface area contributed by atoms with Crippen LogP contribution in [0.2, 0.25) is 0 Å². The maximum absolute atomic E-state index is 12.7. The lowest BCUT2D eigenvalue weighted by Gasteiger charge is -2.15. The summed E-state index contributed by atoms with van der Waals surface area (Å²) in [5, 5.41) is 5.02. The van der Waals surface area contributed by atoms with Crippen molar-refractivity contribution >= 4 is 10.9 Å². The van der Waals surface area contributed by atoms with E-state index in [1.165, 1.54) is 10.2 Å². The fourth-order valence-electron chi connectivity index (χ4n) is 3.26. The largest absolute Gasteiger partial charge is 0.473 e. The first-order chi connectivity index (χ1) is 11.3. The smallest absolute Gasteiger partial charge is 0.291 e. The Morgan fingerprint density at radius 3 is 2.33 bits per heavy atom.